The minimum atomic E-state index is 0.605. The Labute approximate surface area is 128 Å². The Balaban J connectivity index is 1.61. The monoisotopic (exact) mass is 293 g/mol. The first-order chi connectivity index (χ1) is 10.2. The zero-order chi connectivity index (χ0) is 15.1. The molecule has 1 heterocycles. The molecular weight excluding hydrogens is 266 g/mol. The van der Waals surface area contributed by atoms with Crippen molar-refractivity contribution >= 4 is 0 Å². The minimum absolute atomic E-state index is 0.605. The van der Waals surface area contributed by atoms with Crippen molar-refractivity contribution < 1.29 is 14.2 Å². The molecule has 1 aliphatic rings. The summed E-state index contributed by atoms with van der Waals surface area (Å²) >= 11 is 0. The number of rotatable bonds is 7. The van der Waals surface area contributed by atoms with Crippen molar-refractivity contribution in [3.8, 4) is 5.75 Å². The van der Waals surface area contributed by atoms with Crippen LogP contribution >= 0.6 is 0 Å². The lowest BCUT2D eigenvalue weighted by Gasteiger charge is -2.26. The van der Waals surface area contributed by atoms with Gasteiger partial charge in [-0.2, -0.15) is 0 Å². The molecule has 0 radical (unpaired) electrons. The van der Waals surface area contributed by atoms with E-state index < -0.39 is 0 Å². The van der Waals surface area contributed by atoms with Crippen molar-refractivity contribution in [3.05, 3.63) is 28.8 Å². The molecule has 0 amide bonds. The average Bonchev–Trinajstić information content (AvgIpc) is 2.45. The lowest BCUT2D eigenvalue weighted by molar-refractivity contribution is 0.0170. The molecule has 1 aromatic carbocycles. The van der Waals surface area contributed by atoms with E-state index in [1.54, 1.807) is 0 Å². The molecule has 0 aromatic heterocycles. The van der Waals surface area contributed by atoms with Gasteiger partial charge < -0.3 is 14.2 Å². The third kappa shape index (κ3) is 5.30. The molecule has 0 bridgehead atoms. The van der Waals surface area contributed by atoms with Gasteiger partial charge in [0.2, 0.25) is 0 Å². The summed E-state index contributed by atoms with van der Waals surface area (Å²) in [6, 6.07) is 4.31. The summed E-state index contributed by atoms with van der Waals surface area (Å²) in [5.41, 5.74) is 3.67. The summed E-state index contributed by atoms with van der Waals surface area (Å²) in [5.74, 6) is 0.998. The van der Waals surface area contributed by atoms with Crippen LogP contribution in [0.2, 0.25) is 0 Å². The second-order valence-corrected chi connectivity index (χ2v) is 5.64. The van der Waals surface area contributed by atoms with E-state index in [4.69, 9.17) is 14.2 Å². The van der Waals surface area contributed by atoms with Gasteiger partial charge in [-0.3, -0.25) is 4.90 Å². The van der Waals surface area contributed by atoms with Gasteiger partial charge in [-0.05, 0) is 31.9 Å². The first-order valence-electron chi connectivity index (χ1n) is 7.75. The fourth-order valence-corrected chi connectivity index (χ4v) is 2.72. The van der Waals surface area contributed by atoms with Gasteiger partial charge in [0.25, 0.3) is 0 Å². The van der Waals surface area contributed by atoms with Gasteiger partial charge in [-0.15, -0.1) is 0 Å². The van der Waals surface area contributed by atoms with E-state index in [9.17, 15) is 0 Å². The Kier molecular flexibility index (Phi) is 6.49. The van der Waals surface area contributed by atoms with Crippen molar-refractivity contribution in [2.24, 2.45) is 0 Å². The molecule has 0 spiro atoms. The molecule has 1 saturated heterocycles. The number of benzene rings is 1. The summed E-state index contributed by atoms with van der Waals surface area (Å²) in [6.07, 6.45) is 0. The van der Waals surface area contributed by atoms with E-state index in [1.807, 2.05) is 0 Å². The predicted molar refractivity (Wildman–Crippen MR) is 84.2 cm³/mol. The van der Waals surface area contributed by atoms with Crippen LogP contribution in [0.1, 0.15) is 16.7 Å². The Morgan fingerprint density at radius 3 is 2.33 bits per heavy atom. The van der Waals surface area contributed by atoms with Crippen LogP contribution in [-0.4, -0.2) is 57.6 Å². The molecule has 0 saturated carbocycles. The van der Waals surface area contributed by atoms with Crippen LogP contribution in [0, 0.1) is 20.8 Å². The average molecular weight is 293 g/mol. The van der Waals surface area contributed by atoms with Crippen LogP contribution in [0.5, 0.6) is 5.75 Å². The highest BCUT2D eigenvalue weighted by molar-refractivity contribution is 5.42. The fraction of sp³-hybridized carbons (Fsp3) is 0.647. The summed E-state index contributed by atoms with van der Waals surface area (Å²) in [6.45, 7) is 13.0. The molecule has 0 unspecified atom stereocenters. The van der Waals surface area contributed by atoms with Crippen LogP contribution in [-0.2, 0) is 9.47 Å². The van der Waals surface area contributed by atoms with E-state index in [2.05, 4.69) is 37.8 Å². The van der Waals surface area contributed by atoms with Crippen LogP contribution < -0.4 is 4.74 Å². The van der Waals surface area contributed by atoms with Gasteiger partial charge in [0.1, 0.15) is 12.4 Å². The first kappa shape index (κ1) is 16.3. The normalized spacial score (nSPS) is 16.1. The number of nitrogens with zero attached hydrogens (tertiary/aromatic N) is 1. The number of ether oxygens (including phenoxy) is 3. The molecule has 21 heavy (non-hydrogen) atoms. The summed E-state index contributed by atoms with van der Waals surface area (Å²) in [7, 11) is 0. The standard InChI is InChI=1S/C17H27NO3/c1-14-12-15(2)17(16(3)13-14)21-11-10-20-9-6-18-4-7-19-8-5-18/h12-13H,4-11H2,1-3H3. The third-order valence-corrected chi connectivity index (χ3v) is 3.73. The number of hydrogen-bond donors (Lipinski definition) is 0. The highest BCUT2D eigenvalue weighted by Gasteiger charge is 2.09. The third-order valence-electron chi connectivity index (χ3n) is 3.73. The molecule has 1 aliphatic heterocycles. The summed E-state index contributed by atoms with van der Waals surface area (Å²) in [5, 5.41) is 0. The van der Waals surface area contributed by atoms with Crippen molar-refractivity contribution in [1.82, 2.24) is 4.90 Å². The zero-order valence-corrected chi connectivity index (χ0v) is 13.5. The van der Waals surface area contributed by atoms with E-state index in [1.165, 1.54) is 16.7 Å². The van der Waals surface area contributed by atoms with E-state index in [0.717, 1.165) is 45.2 Å². The molecule has 0 N–H and O–H groups in total. The van der Waals surface area contributed by atoms with Crippen LogP contribution in [0.15, 0.2) is 12.1 Å². The van der Waals surface area contributed by atoms with Gasteiger partial charge in [0.15, 0.2) is 0 Å². The predicted octanol–water partition coefficient (Wildman–Crippen LogP) is 2.34. The maximum absolute atomic E-state index is 5.86. The SMILES string of the molecule is Cc1cc(C)c(OCCOCCN2CCOCC2)c(C)c1. The second kappa shape index (κ2) is 8.37. The Morgan fingerprint density at radius 2 is 1.67 bits per heavy atom. The van der Waals surface area contributed by atoms with Gasteiger partial charge in [0.05, 0.1) is 26.4 Å². The largest absolute Gasteiger partial charge is 0.491 e. The molecule has 4 heteroatoms. The van der Waals surface area contributed by atoms with Crippen LogP contribution in [0.4, 0.5) is 0 Å². The molecule has 4 nitrogen and oxygen atoms in total. The summed E-state index contributed by atoms with van der Waals surface area (Å²) < 4.78 is 16.8. The van der Waals surface area contributed by atoms with E-state index in [0.29, 0.717) is 13.2 Å². The van der Waals surface area contributed by atoms with Gasteiger partial charge in [0, 0.05) is 19.6 Å². The van der Waals surface area contributed by atoms with Crippen LogP contribution in [0.3, 0.4) is 0 Å². The highest BCUT2D eigenvalue weighted by atomic mass is 16.5. The maximum atomic E-state index is 5.86. The molecule has 118 valence electrons. The molecular formula is C17H27NO3. The minimum Gasteiger partial charge on any atom is -0.491 e. The Morgan fingerprint density at radius 1 is 1.00 bits per heavy atom. The summed E-state index contributed by atoms with van der Waals surface area (Å²) in [4.78, 5) is 2.37. The van der Waals surface area contributed by atoms with E-state index in [-0.39, 0.29) is 0 Å². The second-order valence-electron chi connectivity index (χ2n) is 5.64. The molecule has 2 rings (SSSR count). The molecule has 0 aliphatic carbocycles. The molecule has 0 atom stereocenters. The Hall–Kier alpha value is -1.10. The zero-order valence-electron chi connectivity index (χ0n) is 13.5. The quantitative estimate of drug-likeness (QED) is 0.722. The number of aryl methyl sites for hydroxylation is 3. The lowest BCUT2D eigenvalue weighted by atomic mass is 10.1. The molecule has 1 aromatic rings. The number of morpholine rings is 1. The fourth-order valence-electron chi connectivity index (χ4n) is 2.72. The van der Waals surface area contributed by atoms with Gasteiger partial charge in [-0.25, -0.2) is 0 Å². The van der Waals surface area contributed by atoms with Crippen molar-refractivity contribution in [2.75, 3.05) is 52.7 Å². The topological polar surface area (TPSA) is 30.9 Å². The number of hydrogen-bond acceptors (Lipinski definition) is 4. The lowest BCUT2D eigenvalue weighted by Crippen LogP contribution is -2.38. The van der Waals surface area contributed by atoms with Crippen LogP contribution in [0.25, 0.3) is 0 Å². The van der Waals surface area contributed by atoms with E-state index >= 15 is 0 Å². The maximum Gasteiger partial charge on any atom is 0.125 e. The van der Waals surface area contributed by atoms with Crippen molar-refractivity contribution in [2.45, 2.75) is 20.8 Å². The highest BCUT2D eigenvalue weighted by Crippen LogP contribution is 2.24. The van der Waals surface area contributed by atoms with Crippen molar-refractivity contribution in [3.63, 3.8) is 0 Å². The van der Waals surface area contributed by atoms with Gasteiger partial charge >= 0.3 is 0 Å². The Bertz CT molecular complexity index is 419. The first-order valence-corrected chi connectivity index (χ1v) is 7.75. The van der Waals surface area contributed by atoms with Crippen molar-refractivity contribution in [1.29, 1.82) is 0 Å². The molecule has 1 fully saturated rings. The smallest absolute Gasteiger partial charge is 0.125 e. The van der Waals surface area contributed by atoms with Gasteiger partial charge in [-0.1, -0.05) is 17.7 Å².